The normalized spacial score (nSPS) is 20.5. The first-order valence-corrected chi connectivity index (χ1v) is 7.47. The Morgan fingerprint density at radius 3 is 3.05 bits per heavy atom. The maximum Gasteiger partial charge on any atom is 0.276 e. The Bertz CT molecular complexity index is 528. The van der Waals surface area contributed by atoms with Crippen molar-refractivity contribution in [2.24, 2.45) is 11.1 Å². The van der Waals surface area contributed by atoms with Crippen LogP contribution in [0.3, 0.4) is 0 Å². The Kier molecular flexibility index (Phi) is 4.17. The summed E-state index contributed by atoms with van der Waals surface area (Å²) in [6.45, 7) is 1.35. The predicted molar refractivity (Wildman–Crippen MR) is 66.2 cm³/mol. The summed E-state index contributed by atoms with van der Waals surface area (Å²) in [5, 5.41) is 8.49. The molecule has 0 saturated carbocycles. The summed E-state index contributed by atoms with van der Waals surface area (Å²) >= 11 is 0. The summed E-state index contributed by atoms with van der Waals surface area (Å²) in [5.41, 5.74) is 0.264. The van der Waals surface area contributed by atoms with Crippen LogP contribution >= 0.6 is 0 Å². The monoisotopic (exact) mass is 288 g/mol. The van der Waals surface area contributed by atoms with Gasteiger partial charge in [-0.1, -0.05) is 5.16 Å². The minimum Gasteiger partial charge on any atom is -0.364 e. The van der Waals surface area contributed by atoms with Gasteiger partial charge in [0.2, 0.25) is 0 Å². The fourth-order valence-electron chi connectivity index (χ4n) is 2.13. The van der Waals surface area contributed by atoms with Crippen molar-refractivity contribution in [1.29, 1.82) is 0 Å². The second-order valence-electron chi connectivity index (χ2n) is 4.54. The first kappa shape index (κ1) is 14.0. The number of likely N-dealkylation sites (tertiary alicyclic amines) is 1. The van der Waals surface area contributed by atoms with Crippen molar-refractivity contribution in [3.63, 3.8) is 0 Å². The number of carbonyl (C=O) groups excluding carboxylic acids is 1. The van der Waals surface area contributed by atoms with Crippen molar-refractivity contribution >= 4 is 16.1 Å². The molecule has 19 heavy (non-hydrogen) atoms. The van der Waals surface area contributed by atoms with Gasteiger partial charge in [0.1, 0.15) is 6.26 Å². The quantitative estimate of drug-likeness (QED) is 0.761. The average molecular weight is 288 g/mol. The Morgan fingerprint density at radius 2 is 2.42 bits per heavy atom. The van der Waals surface area contributed by atoms with Crippen molar-refractivity contribution in [1.82, 2.24) is 14.8 Å². The van der Waals surface area contributed by atoms with Crippen LogP contribution < -0.4 is 9.86 Å². The van der Waals surface area contributed by atoms with Gasteiger partial charge >= 0.3 is 0 Å². The minimum absolute atomic E-state index is 0.0583. The molecule has 0 bridgehead atoms. The van der Waals surface area contributed by atoms with Crippen molar-refractivity contribution in [3.05, 3.63) is 18.0 Å². The number of rotatable bonds is 4. The van der Waals surface area contributed by atoms with Crippen molar-refractivity contribution in [2.75, 3.05) is 19.6 Å². The number of hydrogen-bond donors (Lipinski definition) is 2. The lowest BCUT2D eigenvalue weighted by molar-refractivity contribution is 0.0666. The van der Waals surface area contributed by atoms with Crippen LogP contribution in [0.5, 0.6) is 0 Å². The first-order valence-electron chi connectivity index (χ1n) is 5.93. The molecule has 1 aromatic rings. The molecule has 1 saturated heterocycles. The zero-order valence-electron chi connectivity index (χ0n) is 10.3. The Balaban J connectivity index is 1.92. The van der Waals surface area contributed by atoms with E-state index in [0.29, 0.717) is 13.1 Å². The third-order valence-corrected chi connectivity index (χ3v) is 3.61. The van der Waals surface area contributed by atoms with E-state index in [1.54, 1.807) is 4.90 Å². The SMILES string of the molecule is NS(=O)(=O)NCC1CCCN(C(=O)c2ccon2)C1. The molecule has 0 radical (unpaired) electrons. The Morgan fingerprint density at radius 1 is 1.63 bits per heavy atom. The maximum absolute atomic E-state index is 12.0. The van der Waals surface area contributed by atoms with Crippen molar-refractivity contribution < 1.29 is 17.7 Å². The zero-order valence-corrected chi connectivity index (χ0v) is 11.1. The number of amides is 1. The van der Waals surface area contributed by atoms with Gasteiger partial charge in [-0.2, -0.15) is 8.42 Å². The van der Waals surface area contributed by atoms with Crippen molar-refractivity contribution in [2.45, 2.75) is 12.8 Å². The third-order valence-electron chi connectivity index (χ3n) is 3.04. The van der Waals surface area contributed by atoms with E-state index < -0.39 is 10.2 Å². The van der Waals surface area contributed by atoms with E-state index in [2.05, 4.69) is 14.4 Å². The second-order valence-corrected chi connectivity index (χ2v) is 5.92. The van der Waals surface area contributed by atoms with Gasteiger partial charge in [-0.3, -0.25) is 4.79 Å². The van der Waals surface area contributed by atoms with E-state index >= 15 is 0 Å². The minimum atomic E-state index is -3.69. The third kappa shape index (κ3) is 4.01. The van der Waals surface area contributed by atoms with Gasteiger partial charge in [-0.05, 0) is 18.8 Å². The van der Waals surface area contributed by atoms with Crippen LogP contribution in [0, 0.1) is 5.92 Å². The highest BCUT2D eigenvalue weighted by atomic mass is 32.2. The number of hydrogen-bond acceptors (Lipinski definition) is 5. The molecule has 2 heterocycles. The van der Waals surface area contributed by atoms with Gasteiger partial charge in [0.05, 0.1) is 0 Å². The molecule has 1 unspecified atom stereocenters. The largest absolute Gasteiger partial charge is 0.364 e. The maximum atomic E-state index is 12.0. The van der Waals surface area contributed by atoms with Gasteiger partial charge in [0.15, 0.2) is 5.69 Å². The van der Waals surface area contributed by atoms with E-state index in [0.717, 1.165) is 12.8 Å². The molecule has 1 aliphatic heterocycles. The molecule has 1 amide bonds. The fourth-order valence-corrected chi connectivity index (χ4v) is 2.60. The van der Waals surface area contributed by atoms with Crippen LogP contribution in [-0.2, 0) is 10.2 Å². The molecule has 1 aromatic heterocycles. The van der Waals surface area contributed by atoms with Crippen LogP contribution in [0.1, 0.15) is 23.3 Å². The molecule has 1 aliphatic rings. The van der Waals surface area contributed by atoms with Crippen LogP contribution in [0.2, 0.25) is 0 Å². The number of nitrogens with zero attached hydrogens (tertiary/aromatic N) is 2. The molecule has 3 N–H and O–H groups in total. The summed E-state index contributed by atoms with van der Waals surface area (Å²) in [6, 6.07) is 1.51. The number of aromatic nitrogens is 1. The molecule has 0 spiro atoms. The Hall–Kier alpha value is -1.45. The standard InChI is InChI=1S/C10H16N4O4S/c11-19(16,17)12-6-8-2-1-4-14(7-8)10(15)9-3-5-18-13-9/h3,5,8,12H,1-2,4,6-7H2,(H2,11,16,17). The topological polar surface area (TPSA) is 119 Å². The molecule has 9 heteroatoms. The molecule has 2 rings (SSSR count). The molecule has 1 atom stereocenters. The summed E-state index contributed by atoms with van der Waals surface area (Å²) in [4.78, 5) is 13.7. The fraction of sp³-hybridized carbons (Fsp3) is 0.600. The van der Waals surface area contributed by atoms with Gasteiger partial charge < -0.3 is 9.42 Å². The van der Waals surface area contributed by atoms with E-state index in [1.165, 1.54) is 12.3 Å². The lowest BCUT2D eigenvalue weighted by atomic mass is 9.98. The van der Waals surface area contributed by atoms with E-state index in [4.69, 9.17) is 5.14 Å². The summed E-state index contributed by atoms with van der Waals surface area (Å²) < 4.78 is 28.6. The summed E-state index contributed by atoms with van der Waals surface area (Å²) in [5.74, 6) is -0.142. The highest BCUT2D eigenvalue weighted by molar-refractivity contribution is 7.87. The molecule has 106 valence electrons. The Labute approximate surface area is 111 Å². The number of nitrogens with one attached hydrogen (secondary N) is 1. The van der Waals surface area contributed by atoms with E-state index in [9.17, 15) is 13.2 Å². The molecule has 1 fully saturated rings. The zero-order chi connectivity index (χ0) is 13.9. The summed E-state index contributed by atoms with van der Waals surface area (Å²) in [7, 11) is -3.69. The first-order chi connectivity index (χ1) is 8.96. The van der Waals surface area contributed by atoms with Gasteiger partial charge in [-0.15, -0.1) is 0 Å². The van der Waals surface area contributed by atoms with Gasteiger partial charge in [0.25, 0.3) is 16.1 Å². The summed E-state index contributed by atoms with van der Waals surface area (Å²) in [6.07, 6.45) is 3.02. The molecule has 0 aromatic carbocycles. The smallest absolute Gasteiger partial charge is 0.276 e. The number of carbonyl (C=O) groups is 1. The van der Waals surface area contributed by atoms with Gasteiger partial charge in [-0.25, -0.2) is 9.86 Å². The lowest BCUT2D eigenvalue weighted by Crippen LogP contribution is -2.44. The molecule has 8 nitrogen and oxygen atoms in total. The average Bonchev–Trinajstić information content (AvgIpc) is 2.89. The second kappa shape index (κ2) is 5.68. The van der Waals surface area contributed by atoms with Crippen LogP contribution in [0.25, 0.3) is 0 Å². The van der Waals surface area contributed by atoms with Crippen LogP contribution in [0.4, 0.5) is 0 Å². The highest BCUT2D eigenvalue weighted by Gasteiger charge is 2.26. The van der Waals surface area contributed by atoms with Crippen LogP contribution in [-0.4, -0.2) is 44.0 Å². The predicted octanol–water partition coefficient (Wildman–Crippen LogP) is -0.680. The van der Waals surface area contributed by atoms with Gasteiger partial charge in [0, 0.05) is 25.7 Å². The van der Waals surface area contributed by atoms with E-state index in [1.807, 2.05) is 0 Å². The van der Waals surface area contributed by atoms with E-state index in [-0.39, 0.29) is 24.1 Å². The number of piperidine rings is 1. The van der Waals surface area contributed by atoms with Crippen molar-refractivity contribution in [3.8, 4) is 0 Å². The molecular weight excluding hydrogens is 272 g/mol. The highest BCUT2D eigenvalue weighted by Crippen LogP contribution is 2.17. The number of nitrogens with two attached hydrogens (primary N) is 1. The molecular formula is C10H16N4O4S. The van der Waals surface area contributed by atoms with Crippen LogP contribution in [0.15, 0.2) is 16.9 Å². The molecule has 0 aliphatic carbocycles. The lowest BCUT2D eigenvalue weighted by Gasteiger charge is -2.32.